The average molecular weight is 525 g/mol. The number of amides is 1. The van der Waals surface area contributed by atoms with Crippen molar-refractivity contribution >= 4 is 34.1 Å². The van der Waals surface area contributed by atoms with Crippen molar-refractivity contribution in [1.29, 1.82) is 0 Å². The molecule has 4 rings (SSSR count). The number of thiazole rings is 1. The van der Waals surface area contributed by atoms with Crippen LogP contribution in [0.2, 0.25) is 0 Å². The molecule has 3 heterocycles. The number of aromatic nitrogens is 1. The summed E-state index contributed by atoms with van der Waals surface area (Å²) in [5.41, 5.74) is 0.765. The van der Waals surface area contributed by atoms with Crippen LogP contribution in [0, 0.1) is 13.8 Å². The van der Waals surface area contributed by atoms with Crippen LogP contribution in [-0.4, -0.2) is 41.0 Å². The van der Waals surface area contributed by atoms with Crippen molar-refractivity contribution in [3.63, 3.8) is 0 Å². The van der Waals surface area contributed by atoms with Crippen molar-refractivity contribution in [2.75, 3.05) is 18.1 Å². The molecule has 0 saturated heterocycles. The molecule has 0 aliphatic carbocycles. The summed E-state index contributed by atoms with van der Waals surface area (Å²) in [7, 11) is 0. The zero-order valence-electron chi connectivity index (χ0n) is 21.1. The Morgan fingerprint density at radius 2 is 1.97 bits per heavy atom. The summed E-state index contributed by atoms with van der Waals surface area (Å²) in [6.45, 7) is 7.78. The number of anilines is 1. The number of aryl methyl sites for hydroxylation is 2. The zero-order valence-corrected chi connectivity index (χ0v) is 21.9. The van der Waals surface area contributed by atoms with Crippen LogP contribution in [0.1, 0.15) is 70.0 Å². The normalized spacial score (nSPS) is 15.4. The first-order valence-corrected chi connectivity index (χ1v) is 12.8. The number of furan rings is 1. The van der Waals surface area contributed by atoms with Crippen molar-refractivity contribution in [2.45, 2.75) is 46.6 Å². The SMILES string of the molecule is CCCCOc1cccc(C2C(C(=O)c3ccc(C)o3)=C(O)C(=O)N2c2nc(C)c(C(=O)OCC)s2)c1. The summed E-state index contributed by atoms with van der Waals surface area (Å²) in [6.07, 6.45) is 1.84. The van der Waals surface area contributed by atoms with Crippen LogP contribution in [0.4, 0.5) is 5.13 Å². The highest BCUT2D eigenvalue weighted by Gasteiger charge is 2.47. The number of ether oxygens (including phenoxy) is 2. The fraction of sp³-hybridized carbons (Fsp3) is 0.333. The molecule has 1 unspecified atom stereocenters. The Morgan fingerprint density at radius 1 is 1.19 bits per heavy atom. The first-order valence-electron chi connectivity index (χ1n) is 12.0. The molecular formula is C27H28N2O7S. The molecule has 1 atom stereocenters. The third kappa shape index (κ3) is 5.15. The number of carbonyl (C=O) groups excluding carboxylic acids is 3. The Hall–Kier alpha value is -3.92. The highest BCUT2D eigenvalue weighted by molar-refractivity contribution is 7.17. The lowest BCUT2D eigenvalue weighted by molar-refractivity contribution is -0.117. The van der Waals surface area contributed by atoms with E-state index in [1.807, 2.05) is 0 Å². The number of nitrogens with zero attached hydrogens (tertiary/aromatic N) is 2. The molecule has 194 valence electrons. The van der Waals surface area contributed by atoms with Crippen molar-refractivity contribution < 1.29 is 33.4 Å². The van der Waals surface area contributed by atoms with Gasteiger partial charge in [0, 0.05) is 0 Å². The Kier molecular flexibility index (Phi) is 7.77. The van der Waals surface area contributed by atoms with Gasteiger partial charge in [-0.1, -0.05) is 36.8 Å². The number of aliphatic hydroxyl groups is 1. The van der Waals surface area contributed by atoms with Gasteiger partial charge >= 0.3 is 5.97 Å². The van der Waals surface area contributed by atoms with Crippen LogP contribution in [0.5, 0.6) is 5.75 Å². The van der Waals surface area contributed by atoms with Crippen molar-refractivity contribution in [1.82, 2.24) is 4.98 Å². The highest BCUT2D eigenvalue weighted by atomic mass is 32.1. The Balaban J connectivity index is 1.82. The van der Waals surface area contributed by atoms with Gasteiger partial charge in [0.1, 0.15) is 16.4 Å². The number of ketones is 1. The molecule has 1 amide bonds. The molecule has 3 aromatic rings. The minimum atomic E-state index is -1.03. The van der Waals surface area contributed by atoms with Gasteiger partial charge in [-0.2, -0.15) is 0 Å². The monoisotopic (exact) mass is 524 g/mol. The van der Waals surface area contributed by atoms with Gasteiger partial charge < -0.3 is 19.0 Å². The highest BCUT2D eigenvalue weighted by Crippen LogP contribution is 2.44. The lowest BCUT2D eigenvalue weighted by Gasteiger charge is -2.24. The smallest absolute Gasteiger partial charge is 0.350 e. The third-order valence-corrected chi connectivity index (χ3v) is 6.95. The van der Waals surface area contributed by atoms with Crippen molar-refractivity contribution in [3.8, 4) is 5.75 Å². The van der Waals surface area contributed by atoms with Gasteiger partial charge in [-0.05, 0) is 57.0 Å². The minimum absolute atomic E-state index is 0.00316. The van der Waals surface area contributed by atoms with Gasteiger partial charge in [0.2, 0.25) is 5.78 Å². The fourth-order valence-electron chi connectivity index (χ4n) is 4.02. The van der Waals surface area contributed by atoms with E-state index in [9.17, 15) is 19.5 Å². The molecule has 9 nitrogen and oxygen atoms in total. The summed E-state index contributed by atoms with van der Waals surface area (Å²) in [5.74, 6) is -1.61. The Bertz CT molecular complexity index is 1370. The van der Waals surface area contributed by atoms with E-state index in [1.54, 1.807) is 51.1 Å². The number of benzene rings is 1. The van der Waals surface area contributed by atoms with Gasteiger partial charge in [0.25, 0.3) is 5.91 Å². The molecule has 0 bridgehead atoms. The molecule has 0 spiro atoms. The maximum absolute atomic E-state index is 13.5. The second kappa shape index (κ2) is 11.0. The molecule has 0 radical (unpaired) electrons. The molecule has 1 aromatic carbocycles. The largest absolute Gasteiger partial charge is 0.503 e. The zero-order chi connectivity index (χ0) is 26.7. The van der Waals surface area contributed by atoms with Crippen LogP contribution in [0.15, 0.2) is 52.1 Å². The standard InChI is InChI=1S/C27H28N2O7S/c1-5-7-13-35-18-10-8-9-17(14-18)21-20(22(30)19-12-11-15(3)36-19)23(31)25(32)29(21)27-28-16(4)24(37-27)26(33)34-6-2/h8-12,14,21,31H,5-7,13H2,1-4H3. The summed E-state index contributed by atoms with van der Waals surface area (Å²) in [5, 5.41) is 11.1. The lowest BCUT2D eigenvalue weighted by Crippen LogP contribution is -2.31. The predicted octanol–water partition coefficient (Wildman–Crippen LogP) is 5.49. The maximum atomic E-state index is 13.5. The minimum Gasteiger partial charge on any atom is -0.503 e. The Labute approximate surface area is 218 Å². The van der Waals surface area contributed by atoms with Gasteiger partial charge in [-0.3, -0.25) is 14.5 Å². The molecule has 2 aromatic heterocycles. The van der Waals surface area contributed by atoms with E-state index in [0.717, 1.165) is 24.2 Å². The van der Waals surface area contributed by atoms with E-state index in [4.69, 9.17) is 13.9 Å². The van der Waals surface area contributed by atoms with Gasteiger partial charge in [0.15, 0.2) is 16.7 Å². The Morgan fingerprint density at radius 3 is 2.65 bits per heavy atom. The fourth-order valence-corrected chi connectivity index (χ4v) is 5.01. The maximum Gasteiger partial charge on any atom is 0.350 e. The summed E-state index contributed by atoms with van der Waals surface area (Å²) in [4.78, 5) is 45.2. The number of Topliss-reactive ketones (excluding diaryl/α,β-unsaturated/α-hetero) is 1. The molecule has 37 heavy (non-hydrogen) atoms. The van der Waals surface area contributed by atoms with E-state index in [-0.39, 0.29) is 27.9 Å². The van der Waals surface area contributed by atoms with Crippen molar-refractivity contribution in [2.24, 2.45) is 0 Å². The summed E-state index contributed by atoms with van der Waals surface area (Å²) < 4.78 is 16.5. The second-order valence-corrected chi connectivity index (χ2v) is 9.46. The molecule has 10 heteroatoms. The molecular weight excluding hydrogens is 496 g/mol. The summed E-state index contributed by atoms with van der Waals surface area (Å²) in [6, 6.07) is 9.11. The van der Waals surface area contributed by atoms with Crippen molar-refractivity contribution in [3.05, 3.63) is 75.4 Å². The first kappa shape index (κ1) is 26.2. The van der Waals surface area contributed by atoms with Gasteiger partial charge in [-0.25, -0.2) is 9.78 Å². The number of carbonyl (C=O) groups is 3. The molecule has 0 saturated carbocycles. The third-order valence-electron chi connectivity index (χ3n) is 5.81. The van der Waals surface area contributed by atoms with Crippen LogP contribution < -0.4 is 9.64 Å². The molecule has 1 aliphatic heterocycles. The molecule has 1 aliphatic rings. The number of unbranched alkanes of at least 4 members (excludes halogenated alkanes) is 1. The lowest BCUT2D eigenvalue weighted by atomic mass is 9.95. The number of hydrogen-bond acceptors (Lipinski definition) is 9. The van der Waals surface area contributed by atoms with Crippen LogP contribution in [0.3, 0.4) is 0 Å². The van der Waals surface area contributed by atoms with Gasteiger partial charge in [-0.15, -0.1) is 0 Å². The summed E-state index contributed by atoms with van der Waals surface area (Å²) >= 11 is 0.959. The van der Waals surface area contributed by atoms with Crippen LogP contribution >= 0.6 is 11.3 Å². The number of aliphatic hydroxyl groups excluding tert-OH is 1. The van der Waals surface area contributed by atoms with E-state index in [1.165, 1.54) is 11.0 Å². The number of rotatable bonds is 10. The van der Waals surface area contributed by atoms with Crippen LogP contribution in [0.25, 0.3) is 0 Å². The first-order chi connectivity index (χ1) is 17.8. The van der Waals surface area contributed by atoms with E-state index in [0.29, 0.717) is 29.4 Å². The number of hydrogen-bond donors (Lipinski definition) is 1. The van der Waals surface area contributed by atoms with Gasteiger partial charge in [0.05, 0.1) is 30.5 Å². The van der Waals surface area contributed by atoms with Crippen LogP contribution in [-0.2, 0) is 9.53 Å². The molecule has 1 N–H and O–H groups in total. The topological polar surface area (TPSA) is 119 Å². The number of esters is 1. The molecule has 0 fully saturated rings. The van der Waals surface area contributed by atoms with E-state index < -0.39 is 29.5 Å². The predicted molar refractivity (Wildman–Crippen MR) is 137 cm³/mol. The second-order valence-electron chi connectivity index (χ2n) is 8.49. The van der Waals surface area contributed by atoms with E-state index in [2.05, 4.69) is 11.9 Å². The van der Waals surface area contributed by atoms with E-state index >= 15 is 0 Å². The quantitative estimate of drug-likeness (QED) is 0.210. The average Bonchev–Trinajstić information content (AvgIpc) is 3.55.